The lowest BCUT2D eigenvalue weighted by Gasteiger charge is -2.08. The number of rotatable bonds is 4. The van der Waals surface area contributed by atoms with Gasteiger partial charge in [-0.1, -0.05) is 46.3 Å². The predicted molar refractivity (Wildman–Crippen MR) is 92.3 cm³/mol. The van der Waals surface area contributed by atoms with Crippen LogP contribution in [0.15, 0.2) is 53.0 Å². The molecule has 1 aromatic heterocycles. The Morgan fingerprint density at radius 2 is 1.71 bits per heavy atom. The Hall–Kier alpha value is -1.58. The van der Waals surface area contributed by atoms with Crippen molar-refractivity contribution in [3.8, 4) is 0 Å². The van der Waals surface area contributed by atoms with Crippen LogP contribution >= 0.6 is 15.9 Å². The first-order chi connectivity index (χ1) is 10.2. The fraction of sp³-hybridized carbons (Fsp3) is 0.222. The first kappa shape index (κ1) is 14.4. The van der Waals surface area contributed by atoms with Gasteiger partial charge in [-0.15, -0.1) is 0 Å². The van der Waals surface area contributed by atoms with Gasteiger partial charge in [0.25, 0.3) is 0 Å². The Balaban J connectivity index is 1.75. The summed E-state index contributed by atoms with van der Waals surface area (Å²) < 4.78 is 3.41. The molecule has 108 valence electrons. The molecule has 0 aliphatic heterocycles. The Morgan fingerprint density at radius 1 is 1.00 bits per heavy atom. The highest BCUT2D eigenvalue weighted by Crippen LogP contribution is 2.24. The average Bonchev–Trinajstić information content (AvgIpc) is 2.75. The second-order valence-corrected chi connectivity index (χ2v) is 6.29. The number of fused-ring (bicyclic) bond motifs is 1. The Kier molecular flexibility index (Phi) is 4.13. The van der Waals surface area contributed by atoms with E-state index >= 15 is 0 Å². The van der Waals surface area contributed by atoms with Crippen molar-refractivity contribution in [3.05, 3.63) is 69.8 Å². The van der Waals surface area contributed by atoms with Gasteiger partial charge in [0.2, 0.25) is 0 Å². The van der Waals surface area contributed by atoms with Gasteiger partial charge in [0, 0.05) is 41.2 Å². The highest BCUT2D eigenvalue weighted by Gasteiger charge is 2.10. The van der Waals surface area contributed by atoms with Crippen molar-refractivity contribution in [1.29, 1.82) is 0 Å². The first-order valence-corrected chi connectivity index (χ1v) is 7.94. The third-order valence-corrected chi connectivity index (χ3v) is 4.57. The fourth-order valence-corrected chi connectivity index (χ4v) is 3.08. The standard InChI is InChI=1S/C18H19BrN2/c1-13-16-5-3-4-6-17(16)21(2)18(13)12-20-11-14-7-9-15(19)10-8-14/h3-10,20H,11-12H2,1-2H3. The highest BCUT2D eigenvalue weighted by molar-refractivity contribution is 9.10. The van der Waals surface area contributed by atoms with Crippen molar-refractivity contribution in [1.82, 2.24) is 9.88 Å². The van der Waals surface area contributed by atoms with E-state index in [0.29, 0.717) is 0 Å². The van der Waals surface area contributed by atoms with E-state index in [1.165, 1.54) is 27.7 Å². The van der Waals surface area contributed by atoms with Crippen LogP contribution in [-0.4, -0.2) is 4.57 Å². The molecule has 0 radical (unpaired) electrons. The molecule has 3 aromatic rings. The zero-order chi connectivity index (χ0) is 14.8. The summed E-state index contributed by atoms with van der Waals surface area (Å²) in [6, 6.07) is 17.0. The van der Waals surface area contributed by atoms with E-state index in [1.54, 1.807) is 0 Å². The minimum absolute atomic E-state index is 0.882. The molecule has 0 fully saturated rings. The topological polar surface area (TPSA) is 17.0 Å². The van der Waals surface area contributed by atoms with E-state index in [2.05, 4.69) is 88.3 Å². The van der Waals surface area contributed by atoms with Crippen molar-refractivity contribution >= 4 is 26.8 Å². The Labute approximate surface area is 133 Å². The minimum Gasteiger partial charge on any atom is -0.346 e. The molecule has 0 spiro atoms. The molecule has 2 aromatic carbocycles. The molecule has 3 rings (SSSR count). The van der Waals surface area contributed by atoms with Crippen LogP contribution in [0.2, 0.25) is 0 Å². The van der Waals surface area contributed by atoms with Gasteiger partial charge < -0.3 is 9.88 Å². The van der Waals surface area contributed by atoms with E-state index in [4.69, 9.17) is 0 Å². The number of aromatic nitrogens is 1. The first-order valence-electron chi connectivity index (χ1n) is 7.15. The second kappa shape index (κ2) is 6.04. The normalized spacial score (nSPS) is 11.2. The van der Waals surface area contributed by atoms with Gasteiger partial charge in [0.15, 0.2) is 0 Å². The summed E-state index contributed by atoms with van der Waals surface area (Å²) in [5.41, 5.74) is 5.33. The second-order valence-electron chi connectivity index (χ2n) is 5.38. The lowest BCUT2D eigenvalue weighted by molar-refractivity contribution is 0.656. The van der Waals surface area contributed by atoms with E-state index in [-0.39, 0.29) is 0 Å². The quantitative estimate of drug-likeness (QED) is 0.736. The lowest BCUT2D eigenvalue weighted by atomic mass is 10.1. The molecular formula is C18H19BrN2. The molecule has 0 amide bonds. The molecule has 2 nitrogen and oxygen atoms in total. The van der Waals surface area contributed by atoms with Crippen LogP contribution in [-0.2, 0) is 20.1 Å². The maximum Gasteiger partial charge on any atom is 0.0483 e. The predicted octanol–water partition coefficient (Wildman–Crippen LogP) is 4.54. The van der Waals surface area contributed by atoms with Crippen molar-refractivity contribution in [2.24, 2.45) is 7.05 Å². The summed E-state index contributed by atoms with van der Waals surface area (Å²) in [6.45, 7) is 3.97. The van der Waals surface area contributed by atoms with Crippen LogP contribution in [0.1, 0.15) is 16.8 Å². The molecule has 0 saturated carbocycles. The van der Waals surface area contributed by atoms with Crippen molar-refractivity contribution in [3.63, 3.8) is 0 Å². The molecule has 21 heavy (non-hydrogen) atoms. The summed E-state index contributed by atoms with van der Waals surface area (Å²) in [6.07, 6.45) is 0. The number of hydrogen-bond acceptors (Lipinski definition) is 1. The van der Waals surface area contributed by atoms with Crippen LogP contribution in [0, 0.1) is 6.92 Å². The van der Waals surface area contributed by atoms with Gasteiger partial charge >= 0.3 is 0 Å². The third kappa shape index (κ3) is 2.89. The number of nitrogens with zero attached hydrogens (tertiary/aromatic N) is 1. The summed E-state index contributed by atoms with van der Waals surface area (Å²) in [4.78, 5) is 0. The highest BCUT2D eigenvalue weighted by atomic mass is 79.9. The molecule has 0 aliphatic rings. The van der Waals surface area contributed by atoms with Gasteiger partial charge in [0.05, 0.1) is 0 Å². The summed E-state index contributed by atoms with van der Waals surface area (Å²) in [5, 5.41) is 4.89. The molecule has 3 heteroatoms. The zero-order valence-corrected chi connectivity index (χ0v) is 13.9. The van der Waals surface area contributed by atoms with Crippen molar-refractivity contribution in [2.75, 3.05) is 0 Å². The SMILES string of the molecule is Cc1c(CNCc2ccc(Br)cc2)n(C)c2ccccc12. The Morgan fingerprint density at radius 3 is 2.43 bits per heavy atom. The average molecular weight is 343 g/mol. The van der Waals surface area contributed by atoms with E-state index in [0.717, 1.165) is 17.6 Å². The minimum atomic E-state index is 0.882. The van der Waals surface area contributed by atoms with Gasteiger partial charge in [-0.25, -0.2) is 0 Å². The Bertz CT molecular complexity index is 718. The van der Waals surface area contributed by atoms with Crippen molar-refractivity contribution in [2.45, 2.75) is 20.0 Å². The van der Waals surface area contributed by atoms with Gasteiger partial charge in [-0.3, -0.25) is 0 Å². The molecule has 1 heterocycles. The largest absolute Gasteiger partial charge is 0.346 e. The van der Waals surface area contributed by atoms with Crippen LogP contribution in [0.3, 0.4) is 0 Å². The van der Waals surface area contributed by atoms with E-state index in [1.807, 2.05) is 0 Å². The maximum atomic E-state index is 3.54. The number of aryl methyl sites for hydroxylation is 2. The van der Waals surface area contributed by atoms with E-state index in [9.17, 15) is 0 Å². The van der Waals surface area contributed by atoms with E-state index < -0.39 is 0 Å². The molecule has 0 unspecified atom stereocenters. The van der Waals surface area contributed by atoms with Crippen LogP contribution in [0.25, 0.3) is 10.9 Å². The third-order valence-electron chi connectivity index (χ3n) is 4.04. The molecule has 0 aliphatic carbocycles. The molecular weight excluding hydrogens is 324 g/mol. The smallest absolute Gasteiger partial charge is 0.0483 e. The summed E-state index contributed by atoms with van der Waals surface area (Å²) >= 11 is 3.47. The summed E-state index contributed by atoms with van der Waals surface area (Å²) in [5.74, 6) is 0. The van der Waals surface area contributed by atoms with Gasteiger partial charge in [0.1, 0.15) is 0 Å². The summed E-state index contributed by atoms with van der Waals surface area (Å²) in [7, 11) is 2.14. The van der Waals surface area contributed by atoms with Gasteiger partial charge in [-0.2, -0.15) is 0 Å². The van der Waals surface area contributed by atoms with Crippen molar-refractivity contribution < 1.29 is 0 Å². The van der Waals surface area contributed by atoms with Crippen LogP contribution in [0.5, 0.6) is 0 Å². The number of hydrogen-bond donors (Lipinski definition) is 1. The number of benzene rings is 2. The monoisotopic (exact) mass is 342 g/mol. The molecule has 0 bridgehead atoms. The fourth-order valence-electron chi connectivity index (χ4n) is 2.81. The zero-order valence-electron chi connectivity index (χ0n) is 12.4. The number of para-hydroxylation sites is 1. The molecule has 0 saturated heterocycles. The maximum absolute atomic E-state index is 3.54. The number of halogens is 1. The molecule has 1 N–H and O–H groups in total. The number of nitrogens with one attached hydrogen (secondary N) is 1. The molecule has 0 atom stereocenters. The van der Waals surface area contributed by atoms with Crippen LogP contribution < -0.4 is 5.32 Å². The van der Waals surface area contributed by atoms with Gasteiger partial charge in [-0.05, 0) is 36.2 Å². The van der Waals surface area contributed by atoms with Crippen LogP contribution in [0.4, 0.5) is 0 Å². The lowest BCUT2D eigenvalue weighted by Crippen LogP contribution is -2.15.